The van der Waals surface area contributed by atoms with Gasteiger partial charge in [0.1, 0.15) is 13.2 Å². The molecule has 0 saturated heterocycles. The minimum Gasteiger partial charge on any atom is -0.486 e. The number of benzene rings is 3. The molecule has 0 fully saturated rings. The lowest BCUT2D eigenvalue weighted by molar-refractivity contribution is 0.0901. The van der Waals surface area contributed by atoms with Crippen LogP contribution in [0.1, 0.15) is 21.5 Å². The number of hydrogen-bond acceptors (Lipinski definition) is 6. The van der Waals surface area contributed by atoms with Crippen LogP contribution in [0.4, 0.5) is 5.69 Å². The highest BCUT2D eigenvalue weighted by Gasteiger charge is 2.21. The molecule has 1 amide bonds. The van der Waals surface area contributed by atoms with E-state index in [2.05, 4.69) is 5.32 Å². The van der Waals surface area contributed by atoms with E-state index in [1.807, 2.05) is 30.3 Å². The van der Waals surface area contributed by atoms with Gasteiger partial charge in [0, 0.05) is 18.2 Å². The van der Waals surface area contributed by atoms with E-state index >= 15 is 0 Å². The maximum atomic E-state index is 12.5. The summed E-state index contributed by atoms with van der Waals surface area (Å²) in [6.45, 7) is 2.27. The summed E-state index contributed by atoms with van der Waals surface area (Å²) >= 11 is 0. The van der Waals surface area contributed by atoms with Gasteiger partial charge in [-0.05, 0) is 35.4 Å². The van der Waals surface area contributed by atoms with Gasteiger partial charge in [-0.25, -0.2) is 8.42 Å². The fraction of sp³-hybridized carbons (Fsp3) is 0.269. The molecule has 3 aromatic carbocycles. The number of rotatable bonds is 10. The van der Waals surface area contributed by atoms with Crippen molar-refractivity contribution in [2.45, 2.75) is 13.2 Å². The van der Waals surface area contributed by atoms with Crippen molar-refractivity contribution in [2.75, 3.05) is 36.9 Å². The minimum atomic E-state index is -3.56. The van der Waals surface area contributed by atoms with Crippen LogP contribution in [0.15, 0.2) is 72.8 Å². The minimum absolute atomic E-state index is 0.119. The Kier molecular flexibility index (Phi) is 7.89. The van der Waals surface area contributed by atoms with E-state index in [1.54, 1.807) is 42.5 Å². The van der Waals surface area contributed by atoms with E-state index in [-0.39, 0.29) is 12.5 Å². The quantitative estimate of drug-likeness (QED) is 0.433. The van der Waals surface area contributed by atoms with Gasteiger partial charge >= 0.3 is 0 Å². The van der Waals surface area contributed by atoms with Crippen molar-refractivity contribution < 1.29 is 27.4 Å². The summed E-state index contributed by atoms with van der Waals surface area (Å²) in [6.07, 6.45) is 1.16. The number of hydrogen-bond donors (Lipinski definition) is 1. The van der Waals surface area contributed by atoms with Crippen molar-refractivity contribution in [1.29, 1.82) is 0 Å². The molecule has 184 valence electrons. The monoisotopic (exact) mass is 496 g/mol. The van der Waals surface area contributed by atoms with Crippen molar-refractivity contribution >= 4 is 21.6 Å². The molecule has 0 unspecified atom stereocenters. The molecule has 0 bridgehead atoms. The first-order valence-electron chi connectivity index (χ1n) is 11.3. The van der Waals surface area contributed by atoms with Crippen LogP contribution in [0.5, 0.6) is 11.5 Å². The molecule has 35 heavy (non-hydrogen) atoms. The van der Waals surface area contributed by atoms with Gasteiger partial charge in [0.25, 0.3) is 5.91 Å². The van der Waals surface area contributed by atoms with Crippen molar-refractivity contribution in [1.82, 2.24) is 5.32 Å². The average Bonchev–Trinajstić information content (AvgIpc) is 2.87. The van der Waals surface area contributed by atoms with E-state index in [1.165, 1.54) is 4.31 Å². The number of fused-ring (bicyclic) bond motifs is 1. The fourth-order valence-electron chi connectivity index (χ4n) is 3.62. The molecule has 0 aromatic heterocycles. The van der Waals surface area contributed by atoms with E-state index in [0.29, 0.717) is 55.7 Å². The Balaban J connectivity index is 1.33. The molecule has 8 nitrogen and oxygen atoms in total. The number of nitrogens with one attached hydrogen (secondary N) is 1. The van der Waals surface area contributed by atoms with Crippen LogP contribution in [-0.2, 0) is 27.9 Å². The Labute approximate surface area is 205 Å². The Hall–Kier alpha value is -3.56. The number of ether oxygens (including phenoxy) is 3. The molecule has 4 rings (SSSR count). The Bertz CT molecular complexity index is 1250. The Morgan fingerprint density at radius 2 is 1.66 bits per heavy atom. The van der Waals surface area contributed by atoms with Gasteiger partial charge in [0.15, 0.2) is 11.5 Å². The molecule has 3 aromatic rings. The lowest BCUT2D eigenvalue weighted by Crippen LogP contribution is -2.30. The van der Waals surface area contributed by atoms with Crippen LogP contribution in [-0.4, -0.2) is 46.9 Å². The second kappa shape index (κ2) is 11.2. The first-order valence-corrected chi connectivity index (χ1v) is 13.1. The molecule has 1 heterocycles. The third kappa shape index (κ3) is 6.74. The predicted octanol–water partition coefficient (Wildman–Crippen LogP) is 3.37. The van der Waals surface area contributed by atoms with E-state index in [4.69, 9.17) is 14.2 Å². The maximum absolute atomic E-state index is 12.5. The Morgan fingerprint density at radius 3 is 2.37 bits per heavy atom. The summed E-state index contributed by atoms with van der Waals surface area (Å²) in [6, 6.07) is 21.7. The van der Waals surface area contributed by atoms with E-state index in [0.717, 1.165) is 17.4 Å². The molecule has 0 saturated carbocycles. The van der Waals surface area contributed by atoms with Gasteiger partial charge in [0.2, 0.25) is 10.0 Å². The first kappa shape index (κ1) is 24.6. The standard InChI is InChI=1S/C26H28N2O6S/c1-35(30,31)28(23-11-12-24-25(17-23)34-16-15-33-24)18-20-7-9-22(10-8-20)26(29)27-13-14-32-19-21-5-3-2-4-6-21/h2-12,17H,13-16,18-19H2,1H3,(H,27,29). The molecule has 0 atom stereocenters. The highest BCUT2D eigenvalue weighted by molar-refractivity contribution is 7.92. The van der Waals surface area contributed by atoms with Crippen molar-refractivity contribution in [3.63, 3.8) is 0 Å². The van der Waals surface area contributed by atoms with Gasteiger partial charge in [-0.2, -0.15) is 0 Å². The molecule has 1 aliphatic rings. The number of sulfonamides is 1. The Morgan fingerprint density at radius 1 is 0.943 bits per heavy atom. The van der Waals surface area contributed by atoms with Gasteiger partial charge < -0.3 is 19.5 Å². The summed E-state index contributed by atoms with van der Waals surface area (Å²) < 4.78 is 43.0. The van der Waals surface area contributed by atoms with Crippen LogP contribution >= 0.6 is 0 Å². The molecule has 1 N–H and O–H groups in total. The first-order chi connectivity index (χ1) is 16.9. The number of nitrogens with zero attached hydrogens (tertiary/aromatic N) is 1. The topological polar surface area (TPSA) is 94.2 Å². The van der Waals surface area contributed by atoms with E-state index in [9.17, 15) is 13.2 Å². The van der Waals surface area contributed by atoms with Gasteiger partial charge in [0.05, 0.1) is 31.7 Å². The van der Waals surface area contributed by atoms with Crippen LogP contribution in [0.25, 0.3) is 0 Å². The molecular formula is C26H28N2O6S. The van der Waals surface area contributed by atoms with Crippen LogP contribution < -0.4 is 19.1 Å². The summed E-state index contributed by atoms with van der Waals surface area (Å²) in [5.41, 5.74) is 2.79. The highest BCUT2D eigenvalue weighted by atomic mass is 32.2. The van der Waals surface area contributed by atoms with Crippen LogP contribution in [0, 0.1) is 0 Å². The molecule has 0 aliphatic carbocycles. The number of carbonyl (C=O) groups is 1. The third-order valence-corrected chi connectivity index (χ3v) is 6.54. The lowest BCUT2D eigenvalue weighted by atomic mass is 10.1. The average molecular weight is 497 g/mol. The summed E-state index contributed by atoms with van der Waals surface area (Å²) in [7, 11) is -3.56. The molecule has 0 radical (unpaired) electrons. The van der Waals surface area contributed by atoms with Crippen molar-refractivity contribution in [3.8, 4) is 11.5 Å². The molecule has 9 heteroatoms. The summed E-state index contributed by atoms with van der Waals surface area (Å²) in [4.78, 5) is 12.4. The normalized spacial score (nSPS) is 12.7. The third-order valence-electron chi connectivity index (χ3n) is 5.40. The van der Waals surface area contributed by atoms with Crippen LogP contribution in [0.3, 0.4) is 0 Å². The SMILES string of the molecule is CS(=O)(=O)N(Cc1ccc(C(=O)NCCOCc2ccccc2)cc1)c1ccc2c(c1)OCCO2. The number of carbonyl (C=O) groups excluding carboxylic acids is 1. The van der Waals surface area contributed by atoms with E-state index < -0.39 is 10.0 Å². The lowest BCUT2D eigenvalue weighted by Gasteiger charge is -2.25. The number of anilines is 1. The van der Waals surface area contributed by atoms with Gasteiger partial charge in [-0.15, -0.1) is 0 Å². The zero-order valence-corrected chi connectivity index (χ0v) is 20.3. The molecule has 0 spiro atoms. The number of amides is 1. The highest BCUT2D eigenvalue weighted by Crippen LogP contribution is 2.35. The van der Waals surface area contributed by atoms with Crippen LogP contribution in [0.2, 0.25) is 0 Å². The van der Waals surface area contributed by atoms with Gasteiger partial charge in [-0.1, -0.05) is 42.5 Å². The predicted molar refractivity (Wildman–Crippen MR) is 133 cm³/mol. The summed E-state index contributed by atoms with van der Waals surface area (Å²) in [5, 5.41) is 2.83. The second-order valence-corrected chi connectivity index (χ2v) is 10.00. The van der Waals surface area contributed by atoms with Gasteiger partial charge in [-0.3, -0.25) is 9.10 Å². The van der Waals surface area contributed by atoms with Crippen molar-refractivity contribution in [2.24, 2.45) is 0 Å². The maximum Gasteiger partial charge on any atom is 0.251 e. The largest absolute Gasteiger partial charge is 0.486 e. The smallest absolute Gasteiger partial charge is 0.251 e. The molecule has 1 aliphatic heterocycles. The zero-order chi connectivity index (χ0) is 24.7. The molecular weight excluding hydrogens is 468 g/mol. The summed E-state index contributed by atoms with van der Waals surface area (Å²) in [5.74, 6) is 0.892. The zero-order valence-electron chi connectivity index (χ0n) is 19.5. The second-order valence-electron chi connectivity index (χ2n) is 8.09. The fourth-order valence-corrected chi connectivity index (χ4v) is 4.50. The van der Waals surface area contributed by atoms with Crippen molar-refractivity contribution in [3.05, 3.63) is 89.5 Å².